The van der Waals surface area contributed by atoms with Crippen molar-refractivity contribution in [2.75, 3.05) is 13.2 Å². The van der Waals surface area contributed by atoms with E-state index in [2.05, 4.69) is 42.6 Å². The van der Waals surface area contributed by atoms with Crippen LogP contribution in [0.25, 0.3) is 0 Å². The predicted octanol–water partition coefficient (Wildman–Crippen LogP) is 3.87. The average molecular weight is 273 g/mol. The van der Waals surface area contributed by atoms with Crippen LogP contribution in [0.5, 0.6) is 0 Å². The highest BCUT2D eigenvalue weighted by Gasteiger charge is 2.32. The first-order valence-corrected chi connectivity index (χ1v) is 8.19. The zero-order valence-corrected chi connectivity index (χ0v) is 12.6. The molecule has 1 aliphatic heterocycles. The SMILES string of the molecule is CC1(CNC2CCCCC2c2ccccc2)CCCO1. The first kappa shape index (κ1) is 14.1. The zero-order valence-electron chi connectivity index (χ0n) is 12.6. The molecule has 2 aliphatic rings. The van der Waals surface area contributed by atoms with Crippen molar-refractivity contribution >= 4 is 0 Å². The van der Waals surface area contributed by atoms with Gasteiger partial charge in [-0.25, -0.2) is 0 Å². The lowest BCUT2D eigenvalue weighted by Gasteiger charge is -2.35. The number of hydrogen-bond donors (Lipinski definition) is 1. The molecule has 3 unspecified atom stereocenters. The minimum Gasteiger partial charge on any atom is -0.374 e. The van der Waals surface area contributed by atoms with Gasteiger partial charge in [0.25, 0.3) is 0 Å². The number of ether oxygens (including phenoxy) is 1. The molecule has 1 saturated heterocycles. The summed E-state index contributed by atoms with van der Waals surface area (Å²) >= 11 is 0. The van der Waals surface area contributed by atoms with Crippen molar-refractivity contribution in [1.29, 1.82) is 0 Å². The number of rotatable bonds is 4. The minimum absolute atomic E-state index is 0.0681. The summed E-state index contributed by atoms with van der Waals surface area (Å²) in [6, 6.07) is 11.6. The molecule has 1 N–H and O–H groups in total. The number of benzene rings is 1. The summed E-state index contributed by atoms with van der Waals surface area (Å²) < 4.78 is 5.91. The van der Waals surface area contributed by atoms with Crippen LogP contribution < -0.4 is 5.32 Å². The van der Waals surface area contributed by atoms with Crippen molar-refractivity contribution in [2.45, 2.75) is 63.0 Å². The molecule has 20 heavy (non-hydrogen) atoms. The molecule has 0 radical (unpaired) electrons. The molecule has 1 aromatic rings. The molecular weight excluding hydrogens is 246 g/mol. The highest BCUT2D eigenvalue weighted by molar-refractivity contribution is 5.22. The Morgan fingerprint density at radius 3 is 2.70 bits per heavy atom. The summed E-state index contributed by atoms with van der Waals surface area (Å²) in [5.74, 6) is 0.676. The molecule has 3 atom stereocenters. The number of nitrogens with one attached hydrogen (secondary N) is 1. The van der Waals surface area contributed by atoms with Crippen molar-refractivity contribution in [2.24, 2.45) is 0 Å². The van der Waals surface area contributed by atoms with E-state index in [-0.39, 0.29) is 5.60 Å². The van der Waals surface area contributed by atoms with Gasteiger partial charge in [0.15, 0.2) is 0 Å². The maximum Gasteiger partial charge on any atom is 0.0779 e. The van der Waals surface area contributed by atoms with Crippen molar-refractivity contribution in [3.8, 4) is 0 Å². The second kappa shape index (κ2) is 6.28. The first-order valence-electron chi connectivity index (χ1n) is 8.19. The van der Waals surface area contributed by atoms with Gasteiger partial charge < -0.3 is 10.1 Å². The van der Waals surface area contributed by atoms with Gasteiger partial charge in [0, 0.05) is 19.2 Å². The Labute approximate surface area is 122 Å². The van der Waals surface area contributed by atoms with E-state index in [1.807, 2.05) is 0 Å². The lowest BCUT2D eigenvalue weighted by molar-refractivity contribution is 0.0171. The average Bonchev–Trinajstić information content (AvgIpc) is 2.94. The Kier molecular flexibility index (Phi) is 4.42. The molecule has 2 heteroatoms. The largest absolute Gasteiger partial charge is 0.374 e. The van der Waals surface area contributed by atoms with Crippen LogP contribution in [-0.4, -0.2) is 24.8 Å². The summed E-state index contributed by atoms with van der Waals surface area (Å²) in [4.78, 5) is 0. The standard InChI is InChI=1S/C18H27NO/c1-18(12-7-13-20-18)14-19-17-11-6-5-10-16(17)15-8-3-2-4-9-15/h2-4,8-9,16-17,19H,5-7,10-14H2,1H3. The summed E-state index contributed by atoms with van der Waals surface area (Å²) in [5, 5.41) is 3.83. The molecule has 0 aromatic heterocycles. The van der Waals surface area contributed by atoms with E-state index in [1.54, 1.807) is 0 Å². The van der Waals surface area contributed by atoms with Gasteiger partial charge in [0.2, 0.25) is 0 Å². The minimum atomic E-state index is 0.0681. The molecule has 1 saturated carbocycles. The van der Waals surface area contributed by atoms with Gasteiger partial charge in [0.05, 0.1) is 5.60 Å². The zero-order chi connectivity index (χ0) is 13.8. The molecule has 110 valence electrons. The van der Waals surface area contributed by atoms with Gasteiger partial charge >= 0.3 is 0 Å². The topological polar surface area (TPSA) is 21.3 Å². The molecule has 0 amide bonds. The molecule has 0 bridgehead atoms. The van der Waals surface area contributed by atoms with Crippen LogP contribution in [0, 0.1) is 0 Å². The van der Waals surface area contributed by atoms with Crippen LogP contribution in [0.3, 0.4) is 0 Å². The second-order valence-electron chi connectivity index (χ2n) is 6.69. The Morgan fingerprint density at radius 2 is 1.95 bits per heavy atom. The molecule has 1 aromatic carbocycles. The Hall–Kier alpha value is -0.860. The lowest BCUT2D eigenvalue weighted by Crippen LogP contribution is -2.45. The third-order valence-corrected chi connectivity index (χ3v) is 5.03. The van der Waals surface area contributed by atoms with Gasteiger partial charge in [0.1, 0.15) is 0 Å². The van der Waals surface area contributed by atoms with E-state index in [0.29, 0.717) is 12.0 Å². The lowest BCUT2D eigenvalue weighted by atomic mass is 9.79. The maximum atomic E-state index is 5.91. The normalized spacial score (nSPS) is 34.2. The fourth-order valence-electron chi connectivity index (χ4n) is 3.80. The van der Waals surface area contributed by atoms with E-state index in [4.69, 9.17) is 4.74 Å². The van der Waals surface area contributed by atoms with Crippen LogP contribution >= 0.6 is 0 Å². The highest BCUT2D eigenvalue weighted by atomic mass is 16.5. The highest BCUT2D eigenvalue weighted by Crippen LogP contribution is 2.34. The summed E-state index contributed by atoms with van der Waals surface area (Å²) in [7, 11) is 0. The van der Waals surface area contributed by atoms with Gasteiger partial charge in [-0.1, -0.05) is 43.2 Å². The Morgan fingerprint density at radius 1 is 1.15 bits per heavy atom. The Balaban J connectivity index is 1.63. The van der Waals surface area contributed by atoms with E-state index < -0.39 is 0 Å². The van der Waals surface area contributed by atoms with E-state index in [0.717, 1.165) is 13.2 Å². The van der Waals surface area contributed by atoms with E-state index in [9.17, 15) is 0 Å². The summed E-state index contributed by atoms with van der Waals surface area (Å²) in [6.07, 6.45) is 7.76. The Bertz CT molecular complexity index is 411. The van der Waals surface area contributed by atoms with Crippen molar-refractivity contribution in [1.82, 2.24) is 5.32 Å². The second-order valence-corrected chi connectivity index (χ2v) is 6.69. The van der Waals surface area contributed by atoms with Crippen molar-refractivity contribution in [3.63, 3.8) is 0 Å². The first-order chi connectivity index (χ1) is 9.77. The van der Waals surface area contributed by atoms with Gasteiger partial charge in [-0.15, -0.1) is 0 Å². The van der Waals surface area contributed by atoms with Crippen LogP contribution in [0.1, 0.15) is 56.9 Å². The van der Waals surface area contributed by atoms with Crippen molar-refractivity contribution < 1.29 is 4.74 Å². The molecule has 1 aliphatic carbocycles. The van der Waals surface area contributed by atoms with Crippen LogP contribution in [-0.2, 0) is 4.74 Å². The molecule has 2 nitrogen and oxygen atoms in total. The molecule has 0 spiro atoms. The predicted molar refractivity (Wildman–Crippen MR) is 83.0 cm³/mol. The molecule has 2 fully saturated rings. The molecule has 1 heterocycles. The fraction of sp³-hybridized carbons (Fsp3) is 0.667. The monoisotopic (exact) mass is 273 g/mol. The maximum absolute atomic E-state index is 5.91. The van der Waals surface area contributed by atoms with Gasteiger partial charge in [-0.2, -0.15) is 0 Å². The fourth-order valence-corrected chi connectivity index (χ4v) is 3.80. The van der Waals surface area contributed by atoms with Crippen molar-refractivity contribution in [3.05, 3.63) is 35.9 Å². The smallest absolute Gasteiger partial charge is 0.0779 e. The summed E-state index contributed by atoms with van der Waals surface area (Å²) in [6.45, 7) is 4.19. The van der Waals surface area contributed by atoms with Crippen LogP contribution in [0.4, 0.5) is 0 Å². The molecule has 3 rings (SSSR count). The third-order valence-electron chi connectivity index (χ3n) is 5.03. The van der Waals surface area contributed by atoms with Gasteiger partial charge in [-0.3, -0.25) is 0 Å². The van der Waals surface area contributed by atoms with E-state index in [1.165, 1.54) is 44.1 Å². The van der Waals surface area contributed by atoms with E-state index >= 15 is 0 Å². The van der Waals surface area contributed by atoms with Crippen LogP contribution in [0.15, 0.2) is 30.3 Å². The molecular formula is C18H27NO. The third kappa shape index (κ3) is 3.24. The number of hydrogen-bond acceptors (Lipinski definition) is 2. The van der Waals surface area contributed by atoms with Gasteiger partial charge in [-0.05, 0) is 44.1 Å². The summed E-state index contributed by atoms with van der Waals surface area (Å²) in [5.41, 5.74) is 1.57. The quantitative estimate of drug-likeness (QED) is 0.899. The van der Waals surface area contributed by atoms with Crippen LogP contribution in [0.2, 0.25) is 0 Å².